The summed E-state index contributed by atoms with van der Waals surface area (Å²) in [7, 11) is 0. The predicted molar refractivity (Wildman–Crippen MR) is 71.4 cm³/mol. The number of ether oxygens (including phenoxy) is 2. The number of hydrogen-bond donors (Lipinski definition) is 0. The third-order valence-corrected chi connectivity index (χ3v) is 3.81. The van der Waals surface area contributed by atoms with Crippen LogP contribution in [0.5, 0.6) is 5.75 Å². The third kappa shape index (κ3) is 2.69. The Morgan fingerprint density at radius 3 is 2.84 bits per heavy atom. The van der Waals surface area contributed by atoms with Gasteiger partial charge in [-0.3, -0.25) is 4.79 Å². The highest BCUT2D eigenvalue weighted by Crippen LogP contribution is 2.27. The molecule has 0 spiro atoms. The SMILES string of the molecule is O=C([C@H]1CCCO1)N1CC(Oc2ccccc2Cl)C1. The number of carbonyl (C=O) groups is 1. The van der Waals surface area contributed by atoms with Gasteiger partial charge in [0.1, 0.15) is 18.0 Å². The molecule has 2 heterocycles. The summed E-state index contributed by atoms with van der Waals surface area (Å²) in [6.45, 7) is 1.93. The second-order valence-electron chi connectivity index (χ2n) is 4.92. The number of para-hydroxylation sites is 1. The Labute approximate surface area is 117 Å². The molecule has 1 aromatic rings. The zero-order valence-electron chi connectivity index (χ0n) is 10.5. The van der Waals surface area contributed by atoms with Gasteiger partial charge < -0.3 is 14.4 Å². The molecule has 1 amide bonds. The molecule has 19 heavy (non-hydrogen) atoms. The molecule has 1 aromatic carbocycles. The number of rotatable bonds is 3. The molecule has 0 bridgehead atoms. The molecule has 0 radical (unpaired) electrons. The topological polar surface area (TPSA) is 38.8 Å². The number of amides is 1. The molecular weight excluding hydrogens is 266 g/mol. The van der Waals surface area contributed by atoms with Crippen LogP contribution in [0, 0.1) is 0 Å². The lowest BCUT2D eigenvalue weighted by Crippen LogP contribution is -2.58. The van der Waals surface area contributed by atoms with Crippen LogP contribution in [0.15, 0.2) is 24.3 Å². The van der Waals surface area contributed by atoms with Crippen molar-refractivity contribution in [1.29, 1.82) is 0 Å². The highest BCUT2D eigenvalue weighted by Gasteiger charge is 2.37. The average molecular weight is 282 g/mol. The van der Waals surface area contributed by atoms with Crippen LogP contribution in [0.4, 0.5) is 0 Å². The molecule has 1 atom stereocenters. The van der Waals surface area contributed by atoms with Crippen LogP contribution in [0.3, 0.4) is 0 Å². The van der Waals surface area contributed by atoms with Gasteiger partial charge in [0.2, 0.25) is 0 Å². The Morgan fingerprint density at radius 2 is 2.16 bits per heavy atom. The standard InChI is InChI=1S/C14H16ClNO3/c15-11-4-1-2-5-12(11)19-10-8-16(9-10)14(17)13-6-3-7-18-13/h1-2,4-5,10,13H,3,6-9H2/t13-/m1/s1. The summed E-state index contributed by atoms with van der Waals surface area (Å²) in [5, 5.41) is 0.603. The zero-order chi connectivity index (χ0) is 13.2. The first-order valence-corrected chi connectivity index (χ1v) is 6.93. The predicted octanol–water partition coefficient (Wildman–Crippen LogP) is 2.11. The summed E-state index contributed by atoms with van der Waals surface area (Å²) in [5.74, 6) is 0.773. The maximum Gasteiger partial charge on any atom is 0.251 e. The minimum atomic E-state index is -0.235. The van der Waals surface area contributed by atoms with Crippen LogP contribution >= 0.6 is 11.6 Å². The Balaban J connectivity index is 1.50. The van der Waals surface area contributed by atoms with Crippen molar-refractivity contribution in [3.8, 4) is 5.75 Å². The molecule has 0 N–H and O–H groups in total. The van der Waals surface area contributed by atoms with Crippen molar-refractivity contribution in [3.05, 3.63) is 29.3 Å². The molecular formula is C14H16ClNO3. The van der Waals surface area contributed by atoms with Gasteiger partial charge in [0.05, 0.1) is 18.1 Å². The average Bonchev–Trinajstić information content (AvgIpc) is 2.88. The van der Waals surface area contributed by atoms with Gasteiger partial charge >= 0.3 is 0 Å². The van der Waals surface area contributed by atoms with Gasteiger partial charge in [-0.1, -0.05) is 23.7 Å². The van der Waals surface area contributed by atoms with Crippen molar-refractivity contribution < 1.29 is 14.3 Å². The summed E-state index contributed by atoms with van der Waals surface area (Å²) >= 11 is 6.03. The lowest BCUT2D eigenvalue weighted by atomic mass is 10.1. The van der Waals surface area contributed by atoms with Crippen molar-refractivity contribution in [1.82, 2.24) is 4.90 Å². The fourth-order valence-electron chi connectivity index (χ4n) is 2.39. The van der Waals surface area contributed by atoms with E-state index in [0.29, 0.717) is 30.5 Å². The summed E-state index contributed by atoms with van der Waals surface area (Å²) in [6, 6.07) is 7.39. The summed E-state index contributed by atoms with van der Waals surface area (Å²) < 4.78 is 11.1. The highest BCUT2D eigenvalue weighted by molar-refractivity contribution is 6.32. The monoisotopic (exact) mass is 281 g/mol. The van der Waals surface area contributed by atoms with Crippen molar-refractivity contribution in [3.63, 3.8) is 0 Å². The van der Waals surface area contributed by atoms with E-state index < -0.39 is 0 Å². The van der Waals surface area contributed by atoms with E-state index in [1.165, 1.54) is 0 Å². The van der Waals surface area contributed by atoms with Gasteiger partial charge in [0.25, 0.3) is 5.91 Å². The minimum absolute atomic E-state index is 0.0326. The van der Waals surface area contributed by atoms with E-state index in [1.54, 1.807) is 11.0 Å². The van der Waals surface area contributed by atoms with E-state index in [9.17, 15) is 4.79 Å². The normalized spacial score (nSPS) is 23.2. The lowest BCUT2D eigenvalue weighted by Gasteiger charge is -2.40. The second kappa shape index (κ2) is 5.39. The number of halogens is 1. The van der Waals surface area contributed by atoms with Crippen molar-refractivity contribution in [2.24, 2.45) is 0 Å². The van der Waals surface area contributed by atoms with Crippen LogP contribution < -0.4 is 4.74 Å². The number of likely N-dealkylation sites (tertiary alicyclic amines) is 1. The Kier molecular flexibility index (Phi) is 3.62. The Hall–Kier alpha value is -1.26. The minimum Gasteiger partial charge on any atom is -0.485 e. The van der Waals surface area contributed by atoms with Crippen LogP contribution in [-0.4, -0.2) is 42.7 Å². The first-order valence-electron chi connectivity index (χ1n) is 6.55. The third-order valence-electron chi connectivity index (χ3n) is 3.50. The number of carbonyl (C=O) groups excluding carboxylic acids is 1. The quantitative estimate of drug-likeness (QED) is 0.852. The molecule has 2 saturated heterocycles. The van der Waals surface area contributed by atoms with E-state index in [0.717, 1.165) is 12.8 Å². The van der Waals surface area contributed by atoms with E-state index in [2.05, 4.69) is 0 Å². The van der Waals surface area contributed by atoms with E-state index >= 15 is 0 Å². The zero-order valence-corrected chi connectivity index (χ0v) is 11.3. The van der Waals surface area contributed by atoms with Gasteiger partial charge in [-0.25, -0.2) is 0 Å². The number of nitrogens with zero attached hydrogens (tertiary/aromatic N) is 1. The maximum absolute atomic E-state index is 12.0. The van der Waals surface area contributed by atoms with Crippen LogP contribution in [0.1, 0.15) is 12.8 Å². The molecule has 3 rings (SSSR count). The van der Waals surface area contributed by atoms with Crippen molar-refractivity contribution in [2.45, 2.75) is 25.0 Å². The molecule has 0 saturated carbocycles. The van der Waals surface area contributed by atoms with Gasteiger partial charge in [-0.15, -0.1) is 0 Å². The molecule has 102 valence electrons. The molecule has 0 aromatic heterocycles. The summed E-state index contributed by atoms with van der Waals surface area (Å²) in [6.07, 6.45) is 1.61. The van der Waals surface area contributed by atoms with Crippen molar-refractivity contribution in [2.75, 3.05) is 19.7 Å². The Morgan fingerprint density at radius 1 is 1.37 bits per heavy atom. The molecule has 0 unspecified atom stereocenters. The van der Waals surface area contributed by atoms with Crippen LogP contribution in [-0.2, 0) is 9.53 Å². The van der Waals surface area contributed by atoms with Crippen LogP contribution in [0.2, 0.25) is 5.02 Å². The lowest BCUT2D eigenvalue weighted by molar-refractivity contribution is -0.149. The number of benzene rings is 1. The van der Waals surface area contributed by atoms with E-state index in [4.69, 9.17) is 21.1 Å². The smallest absolute Gasteiger partial charge is 0.251 e. The first kappa shape index (κ1) is 12.8. The van der Waals surface area contributed by atoms with Gasteiger partial charge in [0, 0.05) is 6.61 Å². The summed E-state index contributed by atoms with van der Waals surface area (Å²) in [5.41, 5.74) is 0. The largest absolute Gasteiger partial charge is 0.485 e. The molecule has 2 fully saturated rings. The van der Waals surface area contributed by atoms with Gasteiger partial charge in [-0.05, 0) is 25.0 Å². The molecule has 4 nitrogen and oxygen atoms in total. The molecule has 2 aliphatic heterocycles. The maximum atomic E-state index is 12.0. The van der Waals surface area contributed by atoms with Gasteiger partial charge in [-0.2, -0.15) is 0 Å². The highest BCUT2D eigenvalue weighted by atomic mass is 35.5. The fourth-order valence-corrected chi connectivity index (χ4v) is 2.57. The molecule has 0 aliphatic carbocycles. The summed E-state index contributed by atoms with van der Waals surface area (Å²) in [4.78, 5) is 13.8. The van der Waals surface area contributed by atoms with Gasteiger partial charge in [0.15, 0.2) is 0 Å². The van der Waals surface area contributed by atoms with Crippen LogP contribution in [0.25, 0.3) is 0 Å². The van der Waals surface area contributed by atoms with E-state index in [-0.39, 0.29) is 18.1 Å². The fraction of sp³-hybridized carbons (Fsp3) is 0.500. The second-order valence-corrected chi connectivity index (χ2v) is 5.32. The first-order chi connectivity index (χ1) is 9.24. The molecule has 2 aliphatic rings. The van der Waals surface area contributed by atoms with E-state index in [1.807, 2.05) is 18.2 Å². The molecule has 5 heteroatoms. The van der Waals surface area contributed by atoms with Crippen molar-refractivity contribution >= 4 is 17.5 Å². The Bertz CT molecular complexity index is 468. The number of hydrogen-bond acceptors (Lipinski definition) is 3.